The van der Waals surface area contributed by atoms with E-state index in [1.165, 1.54) is 13.8 Å². The molecule has 4 N–H and O–H groups in total. The average Bonchev–Trinajstić information content (AvgIpc) is 2.63. The largest absolute Gasteiger partial charge is 0.394 e. The van der Waals surface area contributed by atoms with Crippen LogP contribution in [0.4, 0.5) is 0 Å². The maximum Gasteiger partial charge on any atom is 0.330 e. The second-order valence-electron chi connectivity index (χ2n) is 4.80. The van der Waals surface area contributed by atoms with Gasteiger partial charge in [-0.2, -0.15) is 0 Å². The Hall–Kier alpha value is -1.92. The van der Waals surface area contributed by atoms with Gasteiger partial charge in [0.1, 0.15) is 12.2 Å². The molecular formula is C13H16N2O6. The summed E-state index contributed by atoms with van der Waals surface area (Å²) in [4.78, 5) is 25.3. The van der Waals surface area contributed by atoms with Crippen LogP contribution in [0.2, 0.25) is 0 Å². The monoisotopic (exact) mass is 296 g/mol. The number of hydrogen-bond donors (Lipinski definition) is 4. The molecule has 8 heteroatoms. The predicted molar refractivity (Wildman–Crippen MR) is 71.5 cm³/mol. The third-order valence-corrected chi connectivity index (χ3v) is 3.39. The van der Waals surface area contributed by atoms with Gasteiger partial charge in [-0.15, -0.1) is 5.92 Å². The number of nitrogens with zero attached hydrogens (tertiary/aromatic N) is 1. The lowest BCUT2D eigenvalue weighted by molar-refractivity contribution is -0.0775. The molecule has 1 fully saturated rings. The molecule has 1 saturated heterocycles. The van der Waals surface area contributed by atoms with Crippen molar-refractivity contribution >= 4 is 0 Å². The summed E-state index contributed by atoms with van der Waals surface area (Å²) in [6.07, 6.45) is -3.95. The Morgan fingerprint density at radius 1 is 1.52 bits per heavy atom. The number of aliphatic hydroxyl groups is 3. The summed E-state index contributed by atoms with van der Waals surface area (Å²) in [6.45, 7) is 2.39. The number of H-pyrrole nitrogens is 1. The topological polar surface area (TPSA) is 125 Å². The van der Waals surface area contributed by atoms with Crippen LogP contribution in [-0.4, -0.2) is 49.3 Å². The number of nitrogens with one attached hydrogen (secondary N) is 1. The number of aromatic nitrogens is 2. The van der Waals surface area contributed by atoms with Crippen LogP contribution in [0.5, 0.6) is 0 Å². The first kappa shape index (κ1) is 15.5. The number of ether oxygens (including phenoxy) is 1. The molecule has 0 aromatic carbocycles. The van der Waals surface area contributed by atoms with Gasteiger partial charge in [0.25, 0.3) is 5.56 Å². The van der Waals surface area contributed by atoms with E-state index in [1.54, 1.807) is 0 Å². The van der Waals surface area contributed by atoms with E-state index >= 15 is 0 Å². The zero-order valence-corrected chi connectivity index (χ0v) is 11.5. The van der Waals surface area contributed by atoms with E-state index in [4.69, 9.17) is 4.74 Å². The molecule has 21 heavy (non-hydrogen) atoms. The lowest BCUT2D eigenvalue weighted by atomic mass is 9.94. The van der Waals surface area contributed by atoms with E-state index in [2.05, 4.69) is 16.8 Å². The van der Waals surface area contributed by atoms with Crippen molar-refractivity contribution in [3.63, 3.8) is 0 Å². The first-order chi connectivity index (χ1) is 9.85. The van der Waals surface area contributed by atoms with Crippen LogP contribution >= 0.6 is 0 Å². The molecule has 4 atom stereocenters. The highest BCUT2D eigenvalue weighted by atomic mass is 16.6. The van der Waals surface area contributed by atoms with Gasteiger partial charge in [0, 0.05) is 11.8 Å². The van der Waals surface area contributed by atoms with E-state index in [0.29, 0.717) is 0 Å². The number of aliphatic hydroxyl groups excluding tert-OH is 2. The van der Waals surface area contributed by atoms with Crippen LogP contribution in [0.25, 0.3) is 0 Å². The van der Waals surface area contributed by atoms with Crippen molar-refractivity contribution in [3.05, 3.63) is 32.6 Å². The summed E-state index contributed by atoms with van der Waals surface area (Å²) in [5.41, 5.74) is -3.23. The summed E-state index contributed by atoms with van der Waals surface area (Å²) in [5, 5.41) is 29.9. The number of aromatic amines is 1. The molecular weight excluding hydrogens is 280 g/mol. The van der Waals surface area contributed by atoms with Crippen molar-refractivity contribution in [2.45, 2.75) is 37.9 Å². The molecule has 1 aliphatic heterocycles. The molecule has 8 nitrogen and oxygen atoms in total. The fourth-order valence-electron chi connectivity index (χ4n) is 2.42. The van der Waals surface area contributed by atoms with Crippen molar-refractivity contribution < 1.29 is 20.1 Å². The molecule has 1 aliphatic rings. The van der Waals surface area contributed by atoms with Crippen LogP contribution in [0, 0.1) is 18.8 Å². The minimum atomic E-state index is -2.07. The van der Waals surface area contributed by atoms with Crippen LogP contribution < -0.4 is 11.2 Å². The second kappa shape index (κ2) is 5.46. The Morgan fingerprint density at radius 2 is 2.19 bits per heavy atom. The first-order valence-corrected chi connectivity index (χ1v) is 6.28. The molecule has 0 bridgehead atoms. The third-order valence-electron chi connectivity index (χ3n) is 3.39. The molecule has 4 unspecified atom stereocenters. The zero-order valence-electron chi connectivity index (χ0n) is 11.5. The quantitative estimate of drug-likeness (QED) is 0.461. The normalized spacial score (nSPS) is 31.8. The molecule has 0 aliphatic carbocycles. The SMILES string of the molecule is CC#CC1(O)C(O)C(CO)OC1n1c(C)cc(=O)[nH]c1=O. The van der Waals surface area contributed by atoms with Gasteiger partial charge in [-0.3, -0.25) is 14.3 Å². The number of hydrogen-bond acceptors (Lipinski definition) is 6. The third kappa shape index (κ3) is 2.41. The van der Waals surface area contributed by atoms with Crippen molar-refractivity contribution in [2.75, 3.05) is 6.61 Å². The highest BCUT2D eigenvalue weighted by Crippen LogP contribution is 2.37. The molecule has 2 heterocycles. The van der Waals surface area contributed by atoms with Gasteiger partial charge < -0.3 is 20.1 Å². The van der Waals surface area contributed by atoms with Crippen LogP contribution in [0.15, 0.2) is 15.7 Å². The number of rotatable bonds is 2. The van der Waals surface area contributed by atoms with Gasteiger partial charge in [0.05, 0.1) is 6.61 Å². The fourth-order valence-corrected chi connectivity index (χ4v) is 2.42. The molecule has 0 spiro atoms. The predicted octanol–water partition coefficient (Wildman–Crippen LogP) is -2.15. The Labute approximate surface area is 119 Å². The minimum Gasteiger partial charge on any atom is -0.394 e. The molecule has 114 valence electrons. The standard InChI is InChI=1S/C13H16N2O6/c1-3-4-13(20)10(18)8(6-16)21-11(13)15-7(2)5-9(17)14-12(15)19/h5,8,10-11,16,18,20H,6H2,1-2H3,(H,14,17,19). The van der Waals surface area contributed by atoms with E-state index in [-0.39, 0.29) is 5.69 Å². The van der Waals surface area contributed by atoms with E-state index in [9.17, 15) is 24.9 Å². The van der Waals surface area contributed by atoms with Crippen LogP contribution in [0.1, 0.15) is 18.8 Å². The van der Waals surface area contributed by atoms with Gasteiger partial charge in [-0.1, -0.05) is 5.92 Å². The van der Waals surface area contributed by atoms with Crippen molar-refractivity contribution in [2.24, 2.45) is 0 Å². The van der Waals surface area contributed by atoms with Gasteiger partial charge in [0.2, 0.25) is 0 Å². The molecule has 0 saturated carbocycles. The lowest BCUT2D eigenvalue weighted by Crippen LogP contribution is -2.48. The first-order valence-electron chi connectivity index (χ1n) is 6.28. The summed E-state index contributed by atoms with van der Waals surface area (Å²) in [7, 11) is 0. The molecule has 0 amide bonds. The average molecular weight is 296 g/mol. The molecule has 1 aromatic rings. The molecule has 0 radical (unpaired) electrons. The number of aryl methyl sites for hydroxylation is 1. The van der Waals surface area contributed by atoms with Gasteiger partial charge >= 0.3 is 5.69 Å². The molecule has 2 rings (SSSR count). The summed E-state index contributed by atoms with van der Waals surface area (Å²) < 4.78 is 6.36. The zero-order chi connectivity index (χ0) is 15.8. The Balaban J connectivity index is 2.64. The fraction of sp³-hybridized carbons (Fsp3) is 0.538. The Morgan fingerprint density at radius 3 is 2.71 bits per heavy atom. The highest BCUT2D eigenvalue weighted by Gasteiger charge is 2.56. The van der Waals surface area contributed by atoms with Gasteiger partial charge in [0.15, 0.2) is 11.8 Å². The minimum absolute atomic E-state index is 0.232. The Bertz CT molecular complexity index is 712. The Kier molecular flexibility index (Phi) is 4.02. The maximum atomic E-state index is 12.0. The molecule has 1 aromatic heterocycles. The van der Waals surface area contributed by atoms with Crippen LogP contribution in [-0.2, 0) is 4.74 Å². The summed E-state index contributed by atoms with van der Waals surface area (Å²) >= 11 is 0. The lowest BCUT2D eigenvalue weighted by Gasteiger charge is -2.27. The van der Waals surface area contributed by atoms with Crippen LogP contribution in [0.3, 0.4) is 0 Å². The smallest absolute Gasteiger partial charge is 0.330 e. The van der Waals surface area contributed by atoms with Crippen molar-refractivity contribution in [1.29, 1.82) is 0 Å². The van der Waals surface area contributed by atoms with Gasteiger partial charge in [-0.25, -0.2) is 4.79 Å². The van der Waals surface area contributed by atoms with Crippen molar-refractivity contribution in [3.8, 4) is 11.8 Å². The highest BCUT2D eigenvalue weighted by molar-refractivity contribution is 5.23. The van der Waals surface area contributed by atoms with Gasteiger partial charge in [-0.05, 0) is 13.8 Å². The maximum absolute atomic E-state index is 12.0. The van der Waals surface area contributed by atoms with Crippen molar-refractivity contribution in [1.82, 2.24) is 9.55 Å². The second-order valence-corrected chi connectivity index (χ2v) is 4.80. The summed E-state index contributed by atoms with van der Waals surface area (Å²) in [5.74, 6) is 4.89. The van der Waals surface area contributed by atoms with E-state index in [0.717, 1.165) is 10.6 Å². The van der Waals surface area contributed by atoms with E-state index < -0.39 is 41.9 Å². The summed E-state index contributed by atoms with van der Waals surface area (Å²) in [6, 6.07) is 1.16. The van der Waals surface area contributed by atoms with E-state index in [1.807, 2.05) is 0 Å².